The lowest BCUT2D eigenvalue weighted by atomic mass is 9.96. The molecule has 0 unspecified atom stereocenters. The van der Waals surface area contributed by atoms with Gasteiger partial charge < -0.3 is 15.4 Å². The van der Waals surface area contributed by atoms with Crippen molar-refractivity contribution in [1.82, 2.24) is 0 Å². The Balaban J connectivity index is 2.04. The lowest BCUT2D eigenvalue weighted by molar-refractivity contribution is -0.148. The van der Waals surface area contributed by atoms with Gasteiger partial charge in [0.05, 0.1) is 23.8 Å². The molecule has 0 spiro atoms. The van der Waals surface area contributed by atoms with Crippen LogP contribution in [0.2, 0.25) is 0 Å². The van der Waals surface area contributed by atoms with Crippen molar-refractivity contribution in [1.29, 1.82) is 5.26 Å². The van der Waals surface area contributed by atoms with Crippen LogP contribution in [0.5, 0.6) is 0 Å². The molecule has 106 valence electrons. The van der Waals surface area contributed by atoms with Crippen molar-refractivity contribution in [3.8, 4) is 6.07 Å². The van der Waals surface area contributed by atoms with Gasteiger partial charge in [0.2, 0.25) is 0 Å². The summed E-state index contributed by atoms with van der Waals surface area (Å²) < 4.78 is 5.06. The first-order chi connectivity index (χ1) is 9.65. The SMILES string of the molecule is CCOC(=O)C1CCN(c2ccc(N)cc2C#N)CC1. The fourth-order valence-corrected chi connectivity index (χ4v) is 2.54. The van der Waals surface area contributed by atoms with Crippen LogP contribution in [0.25, 0.3) is 0 Å². The monoisotopic (exact) mass is 273 g/mol. The van der Waals surface area contributed by atoms with E-state index < -0.39 is 0 Å². The van der Waals surface area contributed by atoms with E-state index in [1.54, 1.807) is 12.1 Å². The highest BCUT2D eigenvalue weighted by Gasteiger charge is 2.26. The Morgan fingerprint density at radius 3 is 2.80 bits per heavy atom. The summed E-state index contributed by atoms with van der Waals surface area (Å²) in [5.41, 5.74) is 7.76. The van der Waals surface area contributed by atoms with Crippen LogP contribution in [-0.4, -0.2) is 25.7 Å². The van der Waals surface area contributed by atoms with E-state index in [1.807, 2.05) is 13.0 Å². The second-order valence-electron chi connectivity index (χ2n) is 4.90. The summed E-state index contributed by atoms with van der Waals surface area (Å²) >= 11 is 0. The molecule has 1 heterocycles. The zero-order valence-corrected chi connectivity index (χ0v) is 11.6. The minimum atomic E-state index is -0.107. The van der Waals surface area contributed by atoms with Crippen LogP contribution in [0.15, 0.2) is 18.2 Å². The number of hydrogen-bond acceptors (Lipinski definition) is 5. The molecule has 0 radical (unpaired) electrons. The Kier molecular flexibility index (Phi) is 4.46. The van der Waals surface area contributed by atoms with E-state index >= 15 is 0 Å². The number of hydrogen-bond donors (Lipinski definition) is 1. The number of rotatable bonds is 3. The zero-order chi connectivity index (χ0) is 14.5. The number of anilines is 2. The molecule has 2 rings (SSSR count). The molecule has 5 nitrogen and oxygen atoms in total. The third-order valence-electron chi connectivity index (χ3n) is 3.60. The number of piperidine rings is 1. The van der Waals surface area contributed by atoms with E-state index in [4.69, 9.17) is 10.5 Å². The van der Waals surface area contributed by atoms with Gasteiger partial charge in [0.1, 0.15) is 6.07 Å². The molecule has 1 aliphatic heterocycles. The molecule has 1 saturated heterocycles. The fraction of sp³-hybridized carbons (Fsp3) is 0.467. The number of carbonyl (C=O) groups excluding carboxylic acids is 1. The quantitative estimate of drug-likeness (QED) is 0.672. The molecule has 1 aliphatic rings. The van der Waals surface area contributed by atoms with Crippen LogP contribution in [-0.2, 0) is 9.53 Å². The van der Waals surface area contributed by atoms with Crippen LogP contribution >= 0.6 is 0 Å². The first-order valence-corrected chi connectivity index (χ1v) is 6.87. The Bertz CT molecular complexity index is 528. The maximum absolute atomic E-state index is 11.7. The van der Waals surface area contributed by atoms with Gasteiger partial charge in [-0.3, -0.25) is 4.79 Å². The van der Waals surface area contributed by atoms with Crippen LogP contribution in [0, 0.1) is 17.2 Å². The van der Waals surface area contributed by atoms with Crippen molar-refractivity contribution in [2.24, 2.45) is 5.92 Å². The van der Waals surface area contributed by atoms with Crippen molar-refractivity contribution < 1.29 is 9.53 Å². The number of nitrogens with zero attached hydrogens (tertiary/aromatic N) is 2. The minimum absolute atomic E-state index is 0.0227. The summed E-state index contributed by atoms with van der Waals surface area (Å²) in [6, 6.07) is 7.53. The highest BCUT2D eigenvalue weighted by atomic mass is 16.5. The van der Waals surface area contributed by atoms with E-state index in [0.717, 1.165) is 31.6 Å². The van der Waals surface area contributed by atoms with E-state index in [9.17, 15) is 10.1 Å². The van der Waals surface area contributed by atoms with Gasteiger partial charge in [-0.05, 0) is 38.0 Å². The van der Waals surface area contributed by atoms with Gasteiger partial charge in [-0.1, -0.05) is 0 Å². The third kappa shape index (κ3) is 3.02. The second-order valence-corrected chi connectivity index (χ2v) is 4.90. The molecule has 0 aliphatic carbocycles. The Morgan fingerprint density at radius 1 is 1.50 bits per heavy atom. The number of nitriles is 1. The molecule has 0 saturated carbocycles. The van der Waals surface area contributed by atoms with E-state index in [2.05, 4.69) is 11.0 Å². The molecular weight excluding hydrogens is 254 g/mol. The average molecular weight is 273 g/mol. The van der Waals surface area contributed by atoms with Crippen molar-refractivity contribution in [3.05, 3.63) is 23.8 Å². The molecule has 0 bridgehead atoms. The van der Waals surface area contributed by atoms with Crippen molar-refractivity contribution >= 4 is 17.3 Å². The largest absolute Gasteiger partial charge is 0.466 e. The van der Waals surface area contributed by atoms with Gasteiger partial charge in [0.25, 0.3) is 0 Å². The van der Waals surface area contributed by atoms with Gasteiger partial charge >= 0.3 is 5.97 Å². The highest BCUT2D eigenvalue weighted by Crippen LogP contribution is 2.28. The lowest BCUT2D eigenvalue weighted by Gasteiger charge is -2.33. The summed E-state index contributed by atoms with van der Waals surface area (Å²) in [6.07, 6.45) is 1.52. The second kappa shape index (κ2) is 6.29. The fourth-order valence-electron chi connectivity index (χ4n) is 2.54. The molecule has 2 N–H and O–H groups in total. The normalized spacial score (nSPS) is 15.7. The van der Waals surface area contributed by atoms with Crippen LogP contribution in [0.3, 0.4) is 0 Å². The Morgan fingerprint density at radius 2 is 2.20 bits per heavy atom. The van der Waals surface area contributed by atoms with Crippen LogP contribution in [0.4, 0.5) is 11.4 Å². The summed E-state index contributed by atoms with van der Waals surface area (Å²) in [5, 5.41) is 9.18. The molecule has 1 aromatic carbocycles. The molecule has 1 fully saturated rings. The summed E-state index contributed by atoms with van der Waals surface area (Å²) in [5.74, 6) is -0.129. The van der Waals surface area contributed by atoms with Crippen LogP contribution in [0.1, 0.15) is 25.3 Å². The summed E-state index contributed by atoms with van der Waals surface area (Å²) in [7, 11) is 0. The molecule has 1 aromatic rings. The van der Waals surface area contributed by atoms with Gasteiger partial charge in [0.15, 0.2) is 0 Å². The Hall–Kier alpha value is -2.22. The molecule has 5 heteroatoms. The Labute approximate surface area is 118 Å². The molecule has 0 aromatic heterocycles. The van der Waals surface area contributed by atoms with E-state index in [0.29, 0.717) is 17.9 Å². The van der Waals surface area contributed by atoms with E-state index in [-0.39, 0.29) is 11.9 Å². The van der Waals surface area contributed by atoms with Crippen molar-refractivity contribution in [2.45, 2.75) is 19.8 Å². The maximum atomic E-state index is 11.7. The maximum Gasteiger partial charge on any atom is 0.309 e. The molecular formula is C15H19N3O2. The van der Waals surface area contributed by atoms with Gasteiger partial charge in [-0.2, -0.15) is 5.26 Å². The van der Waals surface area contributed by atoms with Crippen LogP contribution < -0.4 is 10.6 Å². The van der Waals surface area contributed by atoms with Crippen molar-refractivity contribution in [3.63, 3.8) is 0 Å². The third-order valence-corrected chi connectivity index (χ3v) is 3.60. The van der Waals surface area contributed by atoms with Gasteiger partial charge in [-0.15, -0.1) is 0 Å². The predicted molar refractivity (Wildman–Crippen MR) is 77.1 cm³/mol. The summed E-state index contributed by atoms with van der Waals surface area (Å²) in [4.78, 5) is 13.8. The number of carbonyl (C=O) groups is 1. The molecule has 20 heavy (non-hydrogen) atoms. The van der Waals surface area contributed by atoms with Gasteiger partial charge in [-0.25, -0.2) is 0 Å². The molecule has 0 atom stereocenters. The number of benzene rings is 1. The lowest BCUT2D eigenvalue weighted by Crippen LogP contribution is -2.37. The standard InChI is InChI=1S/C15H19N3O2/c1-2-20-15(19)11-5-7-18(8-6-11)14-4-3-13(17)9-12(14)10-16/h3-4,9,11H,2,5-8,17H2,1H3. The highest BCUT2D eigenvalue weighted by molar-refractivity contribution is 5.73. The van der Waals surface area contributed by atoms with Crippen molar-refractivity contribution in [2.75, 3.05) is 30.3 Å². The molecule has 0 amide bonds. The first kappa shape index (κ1) is 14.2. The minimum Gasteiger partial charge on any atom is -0.466 e. The smallest absolute Gasteiger partial charge is 0.309 e. The number of nitrogens with two attached hydrogens (primary N) is 1. The topological polar surface area (TPSA) is 79.3 Å². The van der Waals surface area contributed by atoms with E-state index in [1.165, 1.54) is 0 Å². The zero-order valence-electron chi connectivity index (χ0n) is 11.6. The first-order valence-electron chi connectivity index (χ1n) is 6.87. The number of nitrogen functional groups attached to an aromatic ring is 1. The number of ether oxygens (including phenoxy) is 1. The van der Waals surface area contributed by atoms with Gasteiger partial charge in [0, 0.05) is 18.8 Å². The summed E-state index contributed by atoms with van der Waals surface area (Å²) in [6.45, 7) is 3.75. The predicted octanol–water partition coefficient (Wildman–Crippen LogP) is 1.92. The average Bonchev–Trinajstić information content (AvgIpc) is 2.47. The number of esters is 1.